The molecule has 9 nitrogen and oxygen atoms in total. The second-order valence-corrected chi connectivity index (χ2v) is 8.16. The Morgan fingerprint density at radius 2 is 2.00 bits per heavy atom. The summed E-state index contributed by atoms with van der Waals surface area (Å²) < 4.78 is 25.6. The Morgan fingerprint density at radius 1 is 1.18 bits per heavy atom. The number of hydrogen-bond acceptors (Lipinski definition) is 9. The highest BCUT2D eigenvalue weighted by Crippen LogP contribution is 2.35. The van der Waals surface area contributed by atoms with Gasteiger partial charge in [-0.05, 0) is 41.7 Å². The monoisotopic (exact) mass is 501 g/mol. The number of nitrogens with zero attached hydrogens (tertiary/aromatic N) is 4. The minimum absolute atomic E-state index is 0.0589. The molecular weight excluding hydrogens is 485 g/mol. The van der Waals surface area contributed by atoms with Gasteiger partial charge in [-0.2, -0.15) is 0 Å². The molecule has 0 spiro atoms. The van der Waals surface area contributed by atoms with Crippen molar-refractivity contribution in [3.63, 3.8) is 0 Å². The van der Waals surface area contributed by atoms with Crippen molar-refractivity contribution >= 4 is 34.0 Å². The molecule has 0 fully saturated rings. The van der Waals surface area contributed by atoms with Gasteiger partial charge in [-0.3, -0.25) is 20.1 Å². The van der Waals surface area contributed by atoms with Gasteiger partial charge < -0.3 is 14.6 Å². The number of hydrogen-bond donors (Lipinski definition) is 2. The standard InChI is InChI=1S/C22H17ClFN5O4S/c1-32-18-4-2-3-17(24)19(18)15-7-14(10-30)26-9-16(15)20(31)27-21-28-29-22(34-21)33-11-13-6-5-12(23)8-25-13/h2-9,30H,10-11H2,1H3,(H,27,28,31). The first-order valence-electron chi connectivity index (χ1n) is 9.79. The molecule has 1 amide bonds. The van der Waals surface area contributed by atoms with E-state index in [2.05, 4.69) is 25.5 Å². The zero-order chi connectivity index (χ0) is 24.1. The lowest BCUT2D eigenvalue weighted by molar-refractivity contribution is 0.102. The Bertz CT molecular complexity index is 1320. The largest absolute Gasteiger partial charge is 0.496 e. The molecule has 0 aliphatic rings. The maximum Gasteiger partial charge on any atom is 0.296 e. The molecule has 0 atom stereocenters. The van der Waals surface area contributed by atoms with Crippen LogP contribution < -0.4 is 14.8 Å². The van der Waals surface area contributed by atoms with Gasteiger partial charge in [-0.1, -0.05) is 22.8 Å². The van der Waals surface area contributed by atoms with E-state index < -0.39 is 11.7 Å². The predicted molar refractivity (Wildman–Crippen MR) is 124 cm³/mol. The van der Waals surface area contributed by atoms with Crippen LogP contribution in [0.5, 0.6) is 10.9 Å². The van der Waals surface area contributed by atoms with Gasteiger partial charge in [0.1, 0.15) is 18.2 Å². The van der Waals surface area contributed by atoms with E-state index in [-0.39, 0.29) is 51.7 Å². The van der Waals surface area contributed by atoms with Crippen molar-refractivity contribution in [1.82, 2.24) is 20.2 Å². The van der Waals surface area contributed by atoms with Crippen LogP contribution in [0.25, 0.3) is 11.1 Å². The molecule has 2 N–H and O–H groups in total. The Morgan fingerprint density at radius 3 is 2.74 bits per heavy atom. The fraction of sp³-hybridized carbons (Fsp3) is 0.136. The summed E-state index contributed by atoms with van der Waals surface area (Å²) in [6.07, 6.45) is 2.76. The van der Waals surface area contributed by atoms with E-state index in [0.717, 1.165) is 11.3 Å². The van der Waals surface area contributed by atoms with Gasteiger partial charge in [0.2, 0.25) is 5.13 Å². The number of aliphatic hydroxyl groups is 1. The van der Waals surface area contributed by atoms with E-state index in [0.29, 0.717) is 10.7 Å². The van der Waals surface area contributed by atoms with Crippen molar-refractivity contribution in [2.75, 3.05) is 12.4 Å². The number of aromatic nitrogens is 4. The number of halogens is 2. The molecule has 0 saturated carbocycles. The molecule has 0 bridgehead atoms. The first-order chi connectivity index (χ1) is 16.5. The van der Waals surface area contributed by atoms with Crippen molar-refractivity contribution in [3.8, 4) is 22.1 Å². The van der Waals surface area contributed by atoms with Crippen LogP contribution in [0.2, 0.25) is 5.02 Å². The number of rotatable bonds is 8. The first-order valence-corrected chi connectivity index (χ1v) is 11.0. The summed E-state index contributed by atoms with van der Waals surface area (Å²) in [4.78, 5) is 21.2. The molecule has 3 heterocycles. The van der Waals surface area contributed by atoms with Gasteiger partial charge in [0.15, 0.2) is 0 Å². The van der Waals surface area contributed by atoms with E-state index in [1.165, 1.54) is 37.7 Å². The molecule has 0 unspecified atom stereocenters. The number of carbonyl (C=O) groups is 1. The summed E-state index contributed by atoms with van der Waals surface area (Å²) in [5.41, 5.74) is 1.25. The van der Waals surface area contributed by atoms with Crippen LogP contribution in [0.1, 0.15) is 21.7 Å². The normalized spacial score (nSPS) is 10.7. The Labute approximate surface area is 202 Å². The van der Waals surface area contributed by atoms with Crippen molar-refractivity contribution in [2.24, 2.45) is 0 Å². The lowest BCUT2D eigenvalue weighted by Gasteiger charge is -2.14. The van der Waals surface area contributed by atoms with Crippen LogP contribution in [-0.4, -0.2) is 38.3 Å². The van der Waals surface area contributed by atoms with Crippen molar-refractivity contribution in [2.45, 2.75) is 13.2 Å². The van der Waals surface area contributed by atoms with Crippen LogP contribution >= 0.6 is 22.9 Å². The number of amides is 1. The van der Waals surface area contributed by atoms with Crippen LogP contribution in [0.4, 0.5) is 9.52 Å². The summed E-state index contributed by atoms with van der Waals surface area (Å²) in [6.45, 7) is -0.241. The summed E-state index contributed by atoms with van der Waals surface area (Å²) in [7, 11) is 1.40. The maximum atomic E-state index is 14.7. The highest BCUT2D eigenvalue weighted by molar-refractivity contribution is 7.17. The number of benzene rings is 1. The van der Waals surface area contributed by atoms with Crippen molar-refractivity contribution in [1.29, 1.82) is 0 Å². The molecule has 34 heavy (non-hydrogen) atoms. The van der Waals surface area contributed by atoms with Gasteiger partial charge in [-0.25, -0.2) is 4.39 Å². The molecule has 4 aromatic rings. The SMILES string of the molecule is COc1cccc(F)c1-c1cc(CO)ncc1C(=O)Nc1nnc(OCc2ccc(Cl)cn2)s1. The average molecular weight is 502 g/mol. The van der Waals surface area contributed by atoms with E-state index in [1.807, 2.05) is 0 Å². The smallest absolute Gasteiger partial charge is 0.296 e. The van der Waals surface area contributed by atoms with Crippen molar-refractivity contribution in [3.05, 3.63) is 76.6 Å². The predicted octanol–water partition coefficient (Wildman–Crippen LogP) is 4.12. The Hall–Kier alpha value is -3.67. The summed E-state index contributed by atoms with van der Waals surface area (Å²) in [6, 6.07) is 9.16. The third-order valence-electron chi connectivity index (χ3n) is 4.59. The van der Waals surface area contributed by atoms with E-state index in [9.17, 15) is 14.3 Å². The summed E-state index contributed by atoms with van der Waals surface area (Å²) >= 11 is 6.82. The average Bonchev–Trinajstić information content (AvgIpc) is 3.30. The Kier molecular flexibility index (Phi) is 7.26. The van der Waals surface area contributed by atoms with Crippen molar-refractivity contribution < 1.29 is 23.8 Å². The molecular formula is C22H17ClFN5O4S. The van der Waals surface area contributed by atoms with Gasteiger partial charge in [0.05, 0.1) is 41.3 Å². The lowest BCUT2D eigenvalue weighted by atomic mass is 9.98. The number of anilines is 1. The molecule has 12 heteroatoms. The molecule has 4 rings (SSSR count). The second-order valence-electron chi connectivity index (χ2n) is 6.78. The maximum absolute atomic E-state index is 14.7. The van der Waals surface area contributed by atoms with Gasteiger partial charge in [0, 0.05) is 18.0 Å². The fourth-order valence-corrected chi connectivity index (χ4v) is 3.72. The van der Waals surface area contributed by atoms with Gasteiger partial charge >= 0.3 is 0 Å². The fourth-order valence-electron chi connectivity index (χ4n) is 3.02. The van der Waals surface area contributed by atoms with Crippen LogP contribution in [0, 0.1) is 5.82 Å². The quantitative estimate of drug-likeness (QED) is 0.370. The second kappa shape index (κ2) is 10.5. The minimum Gasteiger partial charge on any atom is -0.496 e. The lowest BCUT2D eigenvalue weighted by Crippen LogP contribution is -2.14. The third-order valence-corrected chi connectivity index (χ3v) is 5.57. The topological polar surface area (TPSA) is 119 Å². The number of nitrogens with one attached hydrogen (secondary N) is 1. The Balaban J connectivity index is 1.56. The zero-order valence-electron chi connectivity index (χ0n) is 17.7. The number of methoxy groups -OCH3 is 1. The van der Waals surface area contributed by atoms with Crippen LogP contribution in [0.3, 0.4) is 0 Å². The molecule has 174 valence electrons. The minimum atomic E-state index is -0.598. The zero-order valence-corrected chi connectivity index (χ0v) is 19.2. The van der Waals surface area contributed by atoms with E-state index in [4.69, 9.17) is 21.1 Å². The van der Waals surface area contributed by atoms with Gasteiger partial charge in [-0.15, -0.1) is 5.10 Å². The highest BCUT2D eigenvalue weighted by Gasteiger charge is 2.21. The number of aliphatic hydroxyl groups excluding tert-OH is 1. The molecule has 1 aromatic carbocycles. The summed E-state index contributed by atoms with van der Waals surface area (Å²) in [5, 5.41) is 20.8. The van der Waals surface area contributed by atoms with Crippen LogP contribution in [-0.2, 0) is 13.2 Å². The third kappa shape index (κ3) is 5.28. The van der Waals surface area contributed by atoms with E-state index >= 15 is 0 Å². The number of ether oxygens (including phenoxy) is 2. The number of carbonyl (C=O) groups excluding carboxylic acids is 1. The molecule has 0 aliphatic heterocycles. The molecule has 0 saturated heterocycles. The van der Waals surface area contributed by atoms with Crippen LogP contribution in [0.15, 0.2) is 48.8 Å². The highest BCUT2D eigenvalue weighted by atomic mass is 35.5. The molecule has 0 radical (unpaired) electrons. The van der Waals surface area contributed by atoms with E-state index in [1.54, 1.807) is 18.2 Å². The molecule has 0 aliphatic carbocycles. The molecule has 3 aromatic heterocycles. The summed E-state index contributed by atoms with van der Waals surface area (Å²) in [5.74, 6) is -0.961. The van der Waals surface area contributed by atoms with Gasteiger partial charge in [0.25, 0.3) is 11.1 Å². The number of pyridine rings is 2. The first kappa shape index (κ1) is 23.5.